The van der Waals surface area contributed by atoms with E-state index in [4.69, 9.17) is 23.2 Å². The van der Waals surface area contributed by atoms with Crippen LogP contribution in [0, 0.1) is 29.1 Å². The van der Waals surface area contributed by atoms with Gasteiger partial charge in [-0.3, -0.25) is 57.5 Å². The molecule has 27 heteroatoms. The number of halogens is 2. The summed E-state index contributed by atoms with van der Waals surface area (Å²) in [5.74, 6) is -8.48. The predicted octanol–water partition coefficient (Wildman–Crippen LogP) is 3.98. The number of nitrogens with zero attached hydrogens (tertiary/aromatic N) is 10. The van der Waals surface area contributed by atoms with Crippen molar-refractivity contribution in [3.05, 3.63) is 33.3 Å². The quantitative estimate of drug-likeness (QED) is 0.316. The molecule has 1 aromatic carbocycles. The van der Waals surface area contributed by atoms with E-state index >= 15 is 14.4 Å². The van der Waals surface area contributed by atoms with Gasteiger partial charge >= 0.3 is 0 Å². The first-order chi connectivity index (χ1) is 44.4. The van der Waals surface area contributed by atoms with Crippen LogP contribution in [0.1, 0.15) is 161 Å². The van der Waals surface area contributed by atoms with E-state index in [1.807, 2.05) is 13.0 Å². The molecular weight excluding hydrogens is 1250 g/mol. The molecule has 1 aromatic rings. The highest BCUT2D eigenvalue weighted by molar-refractivity contribution is 6.42. The number of amides is 12. The summed E-state index contributed by atoms with van der Waals surface area (Å²) in [6.45, 7) is 7.85. The molecule has 0 aromatic heterocycles. The Balaban J connectivity index is 1.39. The molecule has 0 radical (unpaired) electrons. The van der Waals surface area contributed by atoms with Gasteiger partial charge in [-0.1, -0.05) is 102 Å². The second kappa shape index (κ2) is 34.0. The molecule has 94 heavy (non-hydrogen) atoms. The molecule has 5 fully saturated rings. The van der Waals surface area contributed by atoms with Gasteiger partial charge in [0.15, 0.2) is 0 Å². The third-order valence-corrected chi connectivity index (χ3v) is 21.1. The van der Waals surface area contributed by atoms with Crippen molar-refractivity contribution in [2.75, 3.05) is 88.6 Å². The van der Waals surface area contributed by atoms with Gasteiger partial charge in [-0.05, 0) is 107 Å². The van der Waals surface area contributed by atoms with E-state index in [1.165, 1.54) is 86.8 Å². The summed E-state index contributed by atoms with van der Waals surface area (Å²) in [5, 5.41) is 18.7. The number of nitrogens with one attached hydrogen (secondary N) is 3. The number of nitriles is 1. The van der Waals surface area contributed by atoms with Gasteiger partial charge in [0.2, 0.25) is 70.9 Å². The Bertz CT molecular complexity index is 3020. The number of hydrogen-bond donors (Lipinski definition) is 3. The predicted molar refractivity (Wildman–Crippen MR) is 353 cm³/mol. The second-order valence-corrected chi connectivity index (χ2v) is 28.1. The number of carbonyl (C=O) groups excluding carboxylic acids is 12. The Morgan fingerprint density at radius 2 is 1.28 bits per heavy atom. The minimum atomic E-state index is -1.53. The fraction of sp³-hybridized carbons (Fsp3) is 0.716. The Kier molecular flexibility index (Phi) is 27.5. The molecule has 2 aliphatic carbocycles. The SMILES string of the molecule is CC[C@H](C)[C@@H]1NC(=O)[C@H](C)N(C)C(=O)C[C@@H](C(=O)N2CCCCC2)N(C)C(=O)[C@H](C(C)C)N(C)C(=O)C2(CCCC2)NC(=O)C2CCCN2C(=O)[C@H](CCc2cc(Cl)c(Cl)c(C#N)c2)NC(=O)CN(C)C(=O)[C@H](CC2CCCCC2)N(C)C(=O)CN(C)C(=O)CN(C)C1=O. The maximum atomic E-state index is 15.3. The summed E-state index contributed by atoms with van der Waals surface area (Å²) in [6, 6.07) is -3.41. The van der Waals surface area contributed by atoms with Crippen LogP contribution in [0.5, 0.6) is 0 Å². The fourth-order valence-corrected chi connectivity index (χ4v) is 14.3. The lowest BCUT2D eigenvalue weighted by Crippen LogP contribution is -2.65. The molecular formula is C67H101Cl2N13O12. The molecule has 3 heterocycles. The molecule has 8 atom stereocenters. The monoisotopic (exact) mass is 1350 g/mol. The van der Waals surface area contributed by atoms with Crippen molar-refractivity contribution in [1.29, 1.82) is 5.26 Å². The second-order valence-electron chi connectivity index (χ2n) is 27.3. The third-order valence-electron chi connectivity index (χ3n) is 20.3. The average molecular weight is 1350 g/mol. The molecule has 3 saturated heterocycles. The van der Waals surface area contributed by atoms with Crippen LogP contribution in [-0.2, 0) is 64.0 Å². The highest BCUT2D eigenvalue weighted by atomic mass is 35.5. The van der Waals surface area contributed by atoms with E-state index in [-0.39, 0.29) is 66.6 Å². The highest BCUT2D eigenvalue weighted by Crippen LogP contribution is 2.35. The molecule has 3 N–H and O–H groups in total. The minimum absolute atomic E-state index is 0.0424. The van der Waals surface area contributed by atoms with E-state index in [9.17, 15) is 48.4 Å². The summed E-state index contributed by atoms with van der Waals surface area (Å²) in [4.78, 5) is 188. The van der Waals surface area contributed by atoms with Crippen molar-refractivity contribution >= 4 is 94.1 Å². The molecule has 1 unspecified atom stereocenters. The molecule has 2 saturated carbocycles. The molecule has 25 nitrogen and oxygen atoms in total. The van der Waals surface area contributed by atoms with Gasteiger partial charge in [0, 0.05) is 69.0 Å². The number of carbonyl (C=O) groups is 12. The van der Waals surface area contributed by atoms with Gasteiger partial charge < -0.3 is 60.0 Å². The van der Waals surface area contributed by atoms with Crippen LogP contribution in [0.2, 0.25) is 10.0 Å². The summed E-state index contributed by atoms with van der Waals surface area (Å²) in [6.07, 6.45) is 8.97. The van der Waals surface area contributed by atoms with Gasteiger partial charge in [0.25, 0.3) is 0 Å². The summed E-state index contributed by atoms with van der Waals surface area (Å²) < 4.78 is 0. The Hall–Kier alpha value is -7.07. The number of likely N-dealkylation sites (N-methyl/N-ethyl adjacent to an activating group) is 7. The summed E-state index contributed by atoms with van der Waals surface area (Å²) in [7, 11) is 9.93. The van der Waals surface area contributed by atoms with Crippen LogP contribution in [0.15, 0.2) is 12.1 Å². The third kappa shape index (κ3) is 18.5. The Morgan fingerprint density at radius 1 is 0.660 bits per heavy atom. The topological polar surface area (TPSA) is 294 Å². The molecule has 3 aliphatic heterocycles. The zero-order chi connectivity index (χ0) is 69.6. The van der Waals surface area contributed by atoms with Crippen LogP contribution in [0.25, 0.3) is 0 Å². The first-order valence-electron chi connectivity index (χ1n) is 33.6. The smallest absolute Gasteiger partial charge is 0.248 e. The average Bonchev–Trinajstić information content (AvgIpc) is 1.42. The van der Waals surface area contributed by atoms with Gasteiger partial charge in [0.1, 0.15) is 53.9 Å². The normalized spacial score (nSPS) is 26.4. The minimum Gasteiger partial charge on any atom is -0.343 e. The lowest BCUT2D eigenvalue weighted by Gasteiger charge is -2.41. The lowest BCUT2D eigenvalue weighted by atomic mass is 9.84. The standard InChI is InChI=1S/C67H101Cl2N13O12/c1-13-42(4)57-64(92)76(8)39-54(85)74(6)40-55(86)78(10)50(35-44-23-16-14-17-24-44)62(90)75(7)38-52(83)71-48(27-26-45-33-46(37-70)56(69)47(68)34-45)61(89)82-32-22-25-49(82)60(88)73-67(28-18-19-29-67)66(94)80(12)58(41(2)3)65(93)79(11)51(63(91)81-30-20-15-21-31-81)36-53(84)77(9)43(5)59(87)72-57/h33-34,41-44,48-51,57-58H,13-32,35-36,38-40H2,1-12H3,(H,71,83)(H,72,87)(H,73,88)/t42-,43-,48-,49?,50-,51-,57-,58-/m0/s1. The zero-order valence-corrected chi connectivity index (χ0v) is 58.7. The largest absolute Gasteiger partial charge is 0.343 e. The van der Waals surface area contributed by atoms with Crippen molar-refractivity contribution in [3.63, 3.8) is 0 Å². The van der Waals surface area contributed by atoms with E-state index in [2.05, 4.69) is 16.0 Å². The Morgan fingerprint density at radius 3 is 1.89 bits per heavy atom. The molecule has 5 aliphatic rings. The number of likely N-dealkylation sites (tertiary alicyclic amines) is 1. The van der Waals surface area contributed by atoms with Gasteiger partial charge in [-0.25, -0.2) is 0 Å². The van der Waals surface area contributed by atoms with E-state index in [0.717, 1.165) is 53.2 Å². The van der Waals surface area contributed by atoms with Crippen molar-refractivity contribution in [3.8, 4) is 6.07 Å². The lowest BCUT2D eigenvalue weighted by molar-refractivity contribution is -0.156. The van der Waals surface area contributed by atoms with Gasteiger partial charge in [0.05, 0.1) is 41.7 Å². The fourth-order valence-electron chi connectivity index (χ4n) is 13.9. The first-order valence-corrected chi connectivity index (χ1v) is 34.3. The summed E-state index contributed by atoms with van der Waals surface area (Å²) in [5.41, 5.74) is -0.919. The molecule has 12 amide bonds. The zero-order valence-electron chi connectivity index (χ0n) is 57.2. The van der Waals surface area contributed by atoms with Crippen molar-refractivity contribution < 1.29 is 57.5 Å². The highest BCUT2D eigenvalue weighted by Gasteiger charge is 2.50. The first kappa shape index (κ1) is 76.0. The molecule has 520 valence electrons. The number of rotatable bonds is 9. The van der Waals surface area contributed by atoms with Crippen molar-refractivity contribution in [2.24, 2.45) is 17.8 Å². The van der Waals surface area contributed by atoms with Gasteiger partial charge in [-0.15, -0.1) is 0 Å². The van der Waals surface area contributed by atoms with Crippen LogP contribution < -0.4 is 16.0 Å². The van der Waals surface area contributed by atoms with Crippen LogP contribution in [-0.4, -0.2) is 251 Å². The van der Waals surface area contributed by atoms with Crippen molar-refractivity contribution in [1.82, 2.24) is 60.0 Å². The van der Waals surface area contributed by atoms with Crippen molar-refractivity contribution in [2.45, 2.75) is 204 Å². The number of hydrogen-bond acceptors (Lipinski definition) is 13. The number of aryl methyl sites for hydroxylation is 1. The molecule has 6 rings (SSSR count). The number of piperidine rings is 1. The Labute approximate surface area is 564 Å². The van der Waals surface area contributed by atoms with Crippen LogP contribution in [0.4, 0.5) is 0 Å². The van der Waals surface area contributed by atoms with Crippen LogP contribution in [0.3, 0.4) is 0 Å². The van der Waals surface area contributed by atoms with E-state index in [0.29, 0.717) is 57.2 Å². The molecule has 1 spiro atoms. The molecule has 0 bridgehead atoms. The van der Waals surface area contributed by atoms with Crippen LogP contribution >= 0.6 is 23.2 Å². The van der Waals surface area contributed by atoms with Gasteiger partial charge in [-0.2, -0.15) is 5.26 Å². The van der Waals surface area contributed by atoms with E-state index in [1.54, 1.807) is 31.7 Å². The summed E-state index contributed by atoms with van der Waals surface area (Å²) >= 11 is 12.8. The maximum absolute atomic E-state index is 15.3. The maximum Gasteiger partial charge on any atom is 0.248 e. The van der Waals surface area contributed by atoms with E-state index < -0.39 is 157 Å². The number of fused-ring (bicyclic) bond motifs is 1. The number of benzene rings is 1.